The molecule has 1 N–H and O–H groups in total. The number of aryl methyl sites for hydroxylation is 1. The summed E-state index contributed by atoms with van der Waals surface area (Å²) < 4.78 is 20.4. The van der Waals surface area contributed by atoms with Gasteiger partial charge in [0.15, 0.2) is 0 Å². The van der Waals surface area contributed by atoms with Gasteiger partial charge in [0.1, 0.15) is 17.0 Å². The van der Waals surface area contributed by atoms with E-state index in [1.807, 2.05) is 0 Å². The number of alkyl halides is 1. The van der Waals surface area contributed by atoms with Gasteiger partial charge in [0.2, 0.25) is 0 Å². The summed E-state index contributed by atoms with van der Waals surface area (Å²) in [6.07, 6.45) is -0.231. The fourth-order valence-electron chi connectivity index (χ4n) is 1.75. The molecule has 2 heterocycles. The van der Waals surface area contributed by atoms with Gasteiger partial charge in [-0.05, 0) is 13.8 Å². The summed E-state index contributed by atoms with van der Waals surface area (Å²) in [7, 11) is 0. The molecular weight excluding hydrogens is 231 g/mol. The molecule has 0 unspecified atom stereocenters. The lowest BCUT2D eigenvalue weighted by Crippen LogP contribution is -2.27. The Morgan fingerprint density at radius 2 is 2.38 bits per heavy atom. The number of aromatic nitrogens is 2. The maximum absolute atomic E-state index is 13.3. The molecule has 0 saturated carbocycles. The van der Waals surface area contributed by atoms with Crippen LogP contribution in [0.3, 0.4) is 0 Å². The number of hydrogen-bond acceptors (Lipinski definition) is 3. The molecule has 0 amide bonds. The van der Waals surface area contributed by atoms with Crippen LogP contribution in [0.2, 0.25) is 0 Å². The Kier molecular flexibility index (Phi) is 2.94. The van der Waals surface area contributed by atoms with E-state index in [9.17, 15) is 9.18 Å². The predicted molar refractivity (Wildman–Crippen MR) is 59.7 cm³/mol. The fraction of sp³-hybridized carbons (Fsp3) is 0.600. The van der Waals surface area contributed by atoms with Crippen LogP contribution in [0.1, 0.15) is 25.1 Å². The van der Waals surface area contributed by atoms with E-state index < -0.39 is 18.5 Å². The molecule has 0 aliphatic carbocycles. The number of ether oxygens (including phenoxy) is 1. The van der Waals surface area contributed by atoms with E-state index in [2.05, 4.69) is 4.98 Å². The van der Waals surface area contributed by atoms with Crippen molar-refractivity contribution in [3.8, 4) is 0 Å². The third-order valence-corrected chi connectivity index (χ3v) is 3.19. The Hall–Kier alpha value is -1.01. The van der Waals surface area contributed by atoms with Crippen LogP contribution < -0.4 is 5.69 Å². The van der Waals surface area contributed by atoms with Gasteiger partial charge in [-0.2, -0.15) is 0 Å². The number of nitrogens with zero attached hydrogens (tertiary/aromatic N) is 1. The lowest BCUT2D eigenvalue weighted by molar-refractivity contribution is -0.000684. The number of nitrogens with one attached hydrogen (secondary N) is 1. The summed E-state index contributed by atoms with van der Waals surface area (Å²) in [5.74, 6) is 0. The van der Waals surface area contributed by atoms with E-state index in [0.29, 0.717) is 4.64 Å². The Labute approximate surface area is 97.1 Å². The molecule has 3 atom stereocenters. The molecule has 6 heteroatoms. The van der Waals surface area contributed by atoms with Crippen LogP contribution in [0.5, 0.6) is 0 Å². The first kappa shape index (κ1) is 11.5. The molecule has 0 radical (unpaired) electrons. The zero-order valence-corrected chi connectivity index (χ0v) is 9.88. The molecule has 1 aliphatic heterocycles. The van der Waals surface area contributed by atoms with E-state index in [1.54, 1.807) is 20.0 Å². The second-order valence-electron chi connectivity index (χ2n) is 4.03. The third kappa shape index (κ3) is 1.94. The highest BCUT2D eigenvalue weighted by Gasteiger charge is 2.33. The summed E-state index contributed by atoms with van der Waals surface area (Å²) in [6.45, 7) is 3.45. The largest absolute Gasteiger partial charge is 0.352 e. The normalized spacial score (nSPS) is 29.6. The lowest BCUT2D eigenvalue weighted by atomic mass is 10.2. The van der Waals surface area contributed by atoms with E-state index in [-0.39, 0.29) is 12.1 Å². The average molecular weight is 244 g/mol. The van der Waals surface area contributed by atoms with Crippen molar-refractivity contribution in [2.75, 3.05) is 0 Å². The highest BCUT2D eigenvalue weighted by atomic mass is 32.1. The molecule has 1 aromatic rings. The summed E-state index contributed by atoms with van der Waals surface area (Å²) >= 11 is 4.94. The Morgan fingerprint density at radius 3 is 2.94 bits per heavy atom. The second kappa shape index (κ2) is 4.10. The number of hydrogen-bond donors (Lipinski definition) is 1. The van der Waals surface area contributed by atoms with Gasteiger partial charge in [-0.3, -0.25) is 9.55 Å². The molecule has 1 saturated heterocycles. The second-order valence-corrected chi connectivity index (χ2v) is 4.43. The third-order valence-electron chi connectivity index (χ3n) is 2.76. The van der Waals surface area contributed by atoms with Gasteiger partial charge in [0.25, 0.3) is 0 Å². The van der Waals surface area contributed by atoms with Crippen molar-refractivity contribution in [3.05, 3.63) is 26.9 Å². The topological polar surface area (TPSA) is 47.0 Å². The van der Waals surface area contributed by atoms with Crippen LogP contribution in [0, 0.1) is 11.6 Å². The molecule has 2 rings (SSSR count). The van der Waals surface area contributed by atoms with Crippen LogP contribution in [-0.4, -0.2) is 21.8 Å². The first-order valence-electron chi connectivity index (χ1n) is 5.10. The highest BCUT2D eigenvalue weighted by molar-refractivity contribution is 7.71. The van der Waals surface area contributed by atoms with Crippen molar-refractivity contribution in [2.24, 2.45) is 0 Å². The fourth-order valence-corrected chi connectivity index (χ4v) is 1.89. The van der Waals surface area contributed by atoms with Crippen molar-refractivity contribution in [1.29, 1.82) is 0 Å². The Bertz CT molecular complexity index is 500. The van der Waals surface area contributed by atoms with Crippen molar-refractivity contribution in [1.82, 2.24) is 9.55 Å². The van der Waals surface area contributed by atoms with E-state index in [4.69, 9.17) is 17.0 Å². The zero-order chi connectivity index (χ0) is 11.9. The molecule has 1 aliphatic rings. The van der Waals surface area contributed by atoms with Crippen LogP contribution in [0.15, 0.2) is 11.0 Å². The molecule has 0 spiro atoms. The van der Waals surface area contributed by atoms with E-state index >= 15 is 0 Å². The first-order valence-corrected chi connectivity index (χ1v) is 5.51. The van der Waals surface area contributed by atoms with Gasteiger partial charge >= 0.3 is 5.69 Å². The minimum Gasteiger partial charge on any atom is -0.352 e. The van der Waals surface area contributed by atoms with Gasteiger partial charge in [0.05, 0.1) is 6.10 Å². The van der Waals surface area contributed by atoms with Crippen LogP contribution >= 0.6 is 12.2 Å². The predicted octanol–water partition coefficient (Wildman–Crippen LogP) is 1.86. The maximum atomic E-state index is 13.3. The zero-order valence-electron chi connectivity index (χ0n) is 9.07. The smallest absolute Gasteiger partial charge is 0.328 e. The SMILES string of the molecule is Cc1cn([C@H]2C[C@H](F)[C@@H](C)O2)c(=O)[nH]c1=S. The van der Waals surface area contributed by atoms with Crippen LogP contribution in [0.25, 0.3) is 0 Å². The first-order chi connectivity index (χ1) is 7.49. The van der Waals surface area contributed by atoms with Gasteiger partial charge in [0, 0.05) is 18.2 Å². The minimum absolute atomic E-state index is 0.200. The molecular formula is C10H13FN2O2S. The summed E-state index contributed by atoms with van der Waals surface area (Å²) in [4.78, 5) is 14.2. The monoisotopic (exact) mass is 244 g/mol. The number of aromatic amines is 1. The average Bonchev–Trinajstić information content (AvgIpc) is 2.53. The van der Waals surface area contributed by atoms with Crippen LogP contribution in [0.4, 0.5) is 4.39 Å². The highest BCUT2D eigenvalue weighted by Crippen LogP contribution is 2.29. The summed E-state index contributed by atoms with van der Waals surface area (Å²) in [5.41, 5.74) is 0.412. The van der Waals surface area contributed by atoms with E-state index in [0.717, 1.165) is 5.56 Å². The molecule has 16 heavy (non-hydrogen) atoms. The molecule has 1 fully saturated rings. The maximum Gasteiger partial charge on any atom is 0.328 e. The molecule has 4 nitrogen and oxygen atoms in total. The van der Waals surface area contributed by atoms with Crippen molar-refractivity contribution in [3.63, 3.8) is 0 Å². The number of halogens is 1. The minimum atomic E-state index is -1.03. The van der Waals surface area contributed by atoms with Gasteiger partial charge < -0.3 is 4.74 Å². The molecule has 88 valence electrons. The quantitative estimate of drug-likeness (QED) is 0.767. The van der Waals surface area contributed by atoms with E-state index in [1.165, 1.54) is 4.57 Å². The lowest BCUT2D eigenvalue weighted by Gasteiger charge is -2.14. The number of rotatable bonds is 1. The van der Waals surface area contributed by atoms with Crippen LogP contribution in [-0.2, 0) is 4.74 Å². The van der Waals surface area contributed by atoms with Gasteiger partial charge in [-0.25, -0.2) is 9.18 Å². The van der Waals surface area contributed by atoms with Crippen molar-refractivity contribution >= 4 is 12.2 Å². The standard InChI is InChI=1S/C10H13FN2O2S/c1-5-4-13(10(14)12-9(5)16)8-3-7(11)6(2)15-8/h4,6-8H,3H2,1-2H3,(H,12,14,16)/t6-,7+,8-/m1/s1. The summed E-state index contributed by atoms with van der Waals surface area (Å²) in [5, 5.41) is 0. The van der Waals surface area contributed by atoms with Gasteiger partial charge in [-0.1, -0.05) is 12.2 Å². The Morgan fingerprint density at radius 1 is 1.69 bits per heavy atom. The summed E-state index contributed by atoms with van der Waals surface area (Å²) in [6, 6.07) is 0. The Balaban J connectivity index is 2.39. The van der Waals surface area contributed by atoms with Crippen molar-refractivity contribution in [2.45, 2.75) is 38.8 Å². The molecule has 0 aromatic carbocycles. The van der Waals surface area contributed by atoms with Gasteiger partial charge in [-0.15, -0.1) is 0 Å². The number of H-pyrrole nitrogens is 1. The molecule has 1 aromatic heterocycles. The van der Waals surface area contributed by atoms with Crippen molar-refractivity contribution < 1.29 is 9.13 Å². The molecule has 0 bridgehead atoms.